The van der Waals surface area contributed by atoms with Crippen LogP contribution in [0.25, 0.3) is 0 Å². The van der Waals surface area contributed by atoms with Gasteiger partial charge in [-0.3, -0.25) is 0 Å². The summed E-state index contributed by atoms with van der Waals surface area (Å²) in [5.41, 5.74) is 4.78. The van der Waals surface area contributed by atoms with Gasteiger partial charge < -0.3 is 10.8 Å². The van der Waals surface area contributed by atoms with Gasteiger partial charge in [0, 0.05) is 6.54 Å². The molecule has 8 heteroatoms. The smallest absolute Gasteiger partial charge is 1.00 e. The molecule has 0 aliphatic carbocycles. The van der Waals surface area contributed by atoms with Crippen LogP contribution < -0.4 is 73.2 Å². The van der Waals surface area contributed by atoms with Gasteiger partial charge in [-0.1, -0.05) is 0 Å². The van der Waals surface area contributed by atoms with E-state index in [1.165, 1.54) is 0 Å². The van der Waals surface area contributed by atoms with E-state index in [0.29, 0.717) is 6.54 Å². The molecular formula is C2H7NNa2O4Se. The number of hydrogen-bond acceptors (Lipinski definition) is 5. The van der Waals surface area contributed by atoms with E-state index in [9.17, 15) is 0 Å². The predicted octanol–water partition coefficient (Wildman–Crippen LogP) is -9.93. The molecule has 52 valence electrons. The quantitative estimate of drug-likeness (QED) is 0.438. The van der Waals surface area contributed by atoms with Gasteiger partial charge in [-0.25, -0.2) is 0 Å². The Kier molecular flexibility index (Phi) is 51.1. The van der Waals surface area contributed by atoms with E-state index < -0.39 is 14.5 Å². The summed E-state index contributed by atoms with van der Waals surface area (Å²) in [4.78, 5) is 0. The molecule has 0 aliphatic heterocycles. The van der Waals surface area contributed by atoms with Gasteiger partial charge in [0.15, 0.2) is 0 Å². The first-order valence-electron chi connectivity index (χ1n) is 1.72. The standard InChI is InChI=1S/C2H7NO.2Na.H2O3Se/c3-1-2-4;;;1-4(2)3/h4H,1-3H2;;;(H2,1,2,3)/q;2*+1;/p-2. The Morgan fingerprint density at radius 1 is 1.40 bits per heavy atom. The second kappa shape index (κ2) is 22.5. The topological polar surface area (TPSA) is 109 Å². The first kappa shape index (κ1) is 22.7. The third-order valence-electron chi connectivity index (χ3n) is 0.129. The monoisotopic (exact) mass is 235 g/mol. The van der Waals surface area contributed by atoms with E-state index in [4.69, 9.17) is 23.1 Å². The molecule has 0 fully saturated rings. The van der Waals surface area contributed by atoms with Gasteiger partial charge in [-0.05, 0) is 0 Å². The maximum absolute atomic E-state index is 8.54. The molecular weight excluding hydrogens is 227 g/mol. The second-order valence-corrected chi connectivity index (χ2v) is 1.57. The minimum Gasteiger partial charge on any atom is 1.00 e. The number of nitrogens with two attached hydrogens (primary N) is 1. The van der Waals surface area contributed by atoms with E-state index in [0.717, 1.165) is 0 Å². The molecule has 3 N–H and O–H groups in total. The van der Waals surface area contributed by atoms with Gasteiger partial charge >= 0.3 is 85.8 Å². The zero-order valence-corrected chi connectivity index (χ0v) is 11.8. The van der Waals surface area contributed by atoms with Gasteiger partial charge in [0.2, 0.25) is 0 Å². The van der Waals surface area contributed by atoms with Gasteiger partial charge in [-0.2, -0.15) is 0 Å². The first-order chi connectivity index (χ1) is 3.65. The van der Waals surface area contributed by atoms with Gasteiger partial charge in [0.1, 0.15) is 0 Å². The molecule has 0 heterocycles. The van der Waals surface area contributed by atoms with Crippen molar-refractivity contribution in [2.24, 2.45) is 5.73 Å². The van der Waals surface area contributed by atoms with Crippen LogP contribution in [0.5, 0.6) is 0 Å². The Balaban J connectivity index is -0.0000000300. The second-order valence-electron chi connectivity index (χ2n) is 0.716. The molecule has 0 radical (unpaired) electrons. The summed E-state index contributed by atoms with van der Waals surface area (Å²) in [7, 11) is 0. The molecule has 10 heavy (non-hydrogen) atoms. The zero-order valence-electron chi connectivity index (χ0n) is 6.07. The minimum absolute atomic E-state index is 0. The Morgan fingerprint density at radius 2 is 1.50 bits per heavy atom. The van der Waals surface area contributed by atoms with Crippen LogP contribution in [-0.4, -0.2) is 32.8 Å². The molecule has 0 spiro atoms. The van der Waals surface area contributed by atoms with Gasteiger partial charge in [0.05, 0.1) is 6.61 Å². The van der Waals surface area contributed by atoms with Crippen LogP contribution in [0.1, 0.15) is 0 Å². The molecule has 5 nitrogen and oxygen atoms in total. The molecule has 0 aromatic rings. The molecule has 0 bridgehead atoms. The van der Waals surface area contributed by atoms with Crippen LogP contribution >= 0.6 is 0 Å². The van der Waals surface area contributed by atoms with E-state index in [1.54, 1.807) is 0 Å². The zero-order chi connectivity index (χ0) is 6.99. The van der Waals surface area contributed by atoms with Gasteiger partial charge in [-0.15, -0.1) is 0 Å². The van der Waals surface area contributed by atoms with Crippen molar-refractivity contribution >= 4 is 14.5 Å². The summed E-state index contributed by atoms with van der Waals surface area (Å²) >= 11 is -3.79. The average molecular weight is 234 g/mol. The Morgan fingerprint density at radius 3 is 1.50 bits per heavy atom. The van der Waals surface area contributed by atoms with Crippen molar-refractivity contribution in [2.75, 3.05) is 13.2 Å². The van der Waals surface area contributed by atoms with Crippen LogP contribution in [0.3, 0.4) is 0 Å². The molecule has 0 aliphatic rings. The van der Waals surface area contributed by atoms with Crippen molar-refractivity contribution < 1.29 is 76.4 Å². The van der Waals surface area contributed by atoms with Crippen molar-refractivity contribution in [3.63, 3.8) is 0 Å². The summed E-state index contributed by atoms with van der Waals surface area (Å²) < 4.78 is 25.6. The molecule has 0 rings (SSSR count). The van der Waals surface area contributed by atoms with Crippen molar-refractivity contribution in [3.05, 3.63) is 0 Å². The maximum Gasteiger partial charge on any atom is 1.00 e. The van der Waals surface area contributed by atoms with Crippen molar-refractivity contribution in [1.82, 2.24) is 0 Å². The van der Waals surface area contributed by atoms with Crippen LogP contribution in [0.4, 0.5) is 0 Å². The Hall–Kier alpha value is 2.16. The third kappa shape index (κ3) is 85.4. The fourth-order valence-corrected chi connectivity index (χ4v) is 0. The molecule has 0 saturated heterocycles. The van der Waals surface area contributed by atoms with E-state index in [-0.39, 0.29) is 65.7 Å². The van der Waals surface area contributed by atoms with Crippen molar-refractivity contribution in [2.45, 2.75) is 0 Å². The number of hydrogen-bond donors (Lipinski definition) is 2. The molecule has 0 atom stereocenters. The third-order valence-corrected chi connectivity index (χ3v) is 0.129. The summed E-state index contributed by atoms with van der Waals surface area (Å²) in [6.07, 6.45) is 0. The molecule has 0 unspecified atom stereocenters. The molecule has 0 amide bonds. The summed E-state index contributed by atoms with van der Waals surface area (Å²) in [6.45, 7) is 0.472. The predicted molar refractivity (Wildman–Crippen MR) is 22.6 cm³/mol. The summed E-state index contributed by atoms with van der Waals surface area (Å²) in [6, 6.07) is 0. The fourth-order valence-electron chi connectivity index (χ4n) is 0. The maximum atomic E-state index is 8.54. The van der Waals surface area contributed by atoms with Crippen LogP contribution in [0.2, 0.25) is 0 Å². The minimum atomic E-state index is -3.79. The van der Waals surface area contributed by atoms with E-state index in [1.807, 2.05) is 0 Å². The first-order valence-corrected chi connectivity index (χ1v) is 3.82. The number of aliphatic hydroxyl groups is 1. The SMILES string of the molecule is NCCO.O=[Se]([O-])[O-].[Na+].[Na+]. The number of rotatable bonds is 1. The van der Waals surface area contributed by atoms with Crippen LogP contribution in [0, 0.1) is 0 Å². The molecule has 0 saturated carbocycles. The fraction of sp³-hybridized carbons (Fsp3) is 1.00. The number of aliphatic hydroxyl groups excluding tert-OH is 1. The van der Waals surface area contributed by atoms with Crippen molar-refractivity contribution in [3.8, 4) is 0 Å². The van der Waals surface area contributed by atoms with Crippen LogP contribution in [-0.2, 0) is 3.83 Å². The Bertz CT molecular complexity index is 59.2. The largest absolute Gasteiger partial charge is 1.00 e. The van der Waals surface area contributed by atoms with E-state index >= 15 is 0 Å². The van der Waals surface area contributed by atoms with Gasteiger partial charge in [0.25, 0.3) is 0 Å². The Labute approximate surface area is 108 Å². The molecule has 0 aromatic carbocycles. The average Bonchev–Trinajstić information content (AvgIpc) is 1.65. The molecule has 0 aromatic heterocycles. The summed E-state index contributed by atoms with van der Waals surface area (Å²) in [5, 5.41) is 7.75. The van der Waals surface area contributed by atoms with Crippen LogP contribution in [0.15, 0.2) is 0 Å². The summed E-state index contributed by atoms with van der Waals surface area (Å²) in [5.74, 6) is 0. The normalized spacial score (nSPS) is 6.50. The van der Waals surface area contributed by atoms with Crippen molar-refractivity contribution in [1.29, 1.82) is 0 Å². The van der Waals surface area contributed by atoms with E-state index in [2.05, 4.69) is 0 Å².